The summed E-state index contributed by atoms with van der Waals surface area (Å²) in [5.41, 5.74) is 10.3. The van der Waals surface area contributed by atoms with Crippen molar-refractivity contribution in [3.05, 3.63) is 70.5 Å². The maximum absolute atomic E-state index is 15.6. The molecule has 0 radical (unpaired) electrons. The van der Waals surface area contributed by atoms with Crippen LogP contribution < -0.4 is 16.2 Å². The number of benzene rings is 2. The molecule has 3 unspecified atom stereocenters. The number of nitrogens with one attached hydrogen (secondary N) is 1. The second-order valence-corrected chi connectivity index (χ2v) is 13.5. The van der Waals surface area contributed by atoms with Gasteiger partial charge in [0.2, 0.25) is 5.91 Å². The summed E-state index contributed by atoms with van der Waals surface area (Å²) in [6, 6.07) is 12.8. The largest absolute Gasteiger partial charge is 0.598 e. The molecule has 1 heterocycles. The molecule has 0 bridgehead atoms. The molecule has 3 atom stereocenters. The molecule has 39 heavy (non-hydrogen) atoms. The molecule has 2 aliphatic rings. The number of amides is 3. The van der Waals surface area contributed by atoms with Gasteiger partial charge in [-0.1, -0.05) is 31.0 Å². The minimum atomic E-state index is -1.74. The number of nitriles is 1. The Morgan fingerprint density at radius 2 is 1.90 bits per heavy atom. The molecule has 3 amide bonds. The van der Waals surface area contributed by atoms with Gasteiger partial charge in [-0.05, 0) is 87.8 Å². The SMILES string of the molecule is CC(C)(C)[S+]([O-])NC(CCC1CC1)(c1cccc(C#N)c1)c1ccc(F)c(C2(C(N)=O)CCCN2C(N)=O)c1. The molecule has 2 aromatic carbocycles. The Morgan fingerprint density at radius 3 is 2.49 bits per heavy atom. The van der Waals surface area contributed by atoms with Crippen LogP contribution in [0, 0.1) is 23.1 Å². The zero-order valence-corrected chi connectivity index (χ0v) is 23.4. The number of rotatable bonds is 9. The number of carbonyl (C=O) groups excluding carboxylic acids is 2. The summed E-state index contributed by atoms with van der Waals surface area (Å²) in [5.74, 6) is -1.04. The fourth-order valence-electron chi connectivity index (χ4n) is 5.51. The maximum atomic E-state index is 15.6. The third-order valence-electron chi connectivity index (χ3n) is 7.89. The highest BCUT2D eigenvalue weighted by molar-refractivity contribution is 7.90. The van der Waals surface area contributed by atoms with Crippen molar-refractivity contribution < 1.29 is 18.5 Å². The summed E-state index contributed by atoms with van der Waals surface area (Å²) < 4.78 is 32.1. The summed E-state index contributed by atoms with van der Waals surface area (Å²) in [4.78, 5) is 26.4. The molecule has 0 aromatic heterocycles. The van der Waals surface area contributed by atoms with Crippen molar-refractivity contribution in [2.24, 2.45) is 17.4 Å². The van der Waals surface area contributed by atoms with E-state index in [0.717, 1.165) is 24.2 Å². The van der Waals surface area contributed by atoms with Crippen molar-refractivity contribution in [2.45, 2.75) is 75.1 Å². The molecule has 1 saturated heterocycles. The lowest BCUT2D eigenvalue weighted by molar-refractivity contribution is -0.127. The van der Waals surface area contributed by atoms with E-state index in [2.05, 4.69) is 10.8 Å². The van der Waals surface area contributed by atoms with Crippen LogP contribution >= 0.6 is 0 Å². The summed E-state index contributed by atoms with van der Waals surface area (Å²) in [7, 11) is 0. The first-order valence-electron chi connectivity index (χ1n) is 13.2. The van der Waals surface area contributed by atoms with Crippen LogP contribution in [0.3, 0.4) is 0 Å². The monoisotopic (exact) mass is 553 g/mol. The summed E-state index contributed by atoms with van der Waals surface area (Å²) in [5, 5.41) is 9.66. The Labute approximate surface area is 232 Å². The Hall–Kier alpha value is -3.13. The van der Waals surface area contributed by atoms with Gasteiger partial charge in [-0.3, -0.25) is 4.79 Å². The minimum absolute atomic E-state index is 0.0422. The number of nitrogens with two attached hydrogens (primary N) is 2. The van der Waals surface area contributed by atoms with E-state index in [9.17, 15) is 19.4 Å². The molecule has 2 aromatic rings. The number of nitrogens with zero attached hydrogens (tertiary/aromatic N) is 2. The van der Waals surface area contributed by atoms with Crippen LogP contribution in [0.15, 0.2) is 42.5 Å². The van der Waals surface area contributed by atoms with E-state index < -0.39 is 44.9 Å². The molecule has 1 aliphatic heterocycles. The van der Waals surface area contributed by atoms with E-state index in [4.69, 9.17) is 11.5 Å². The average Bonchev–Trinajstić information content (AvgIpc) is 3.61. The number of urea groups is 1. The third kappa shape index (κ3) is 5.49. The van der Waals surface area contributed by atoms with Crippen molar-refractivity contribution >= 4 is 23.3 Å². The topological polar surface area (TPSA) is 148 Å². The Balaban J connectivity index is 1.98. The maximum Gasteiger partial charge on any atom is 0.315 e. The van der Waals surface area contributed by atoms with Gasteiger partial charge in [0, 0.05) is 23.5 Å². The Bertz CT molecular complexity index is 1300. The van der Waals surface area contributed by atoms with Crippen molar-refractivity contribution in [2.75, 3.05) is 6.54 Å². The fraction of sp³-hybridized carbons (Fsp3) is 0.483. The molecule has 5 N–H and O–H groups in total. The molecule has 2 fully saturated rings. The zero-order chi connectivity index (χ0) is 28.6. The van der Waals surface area contributed by atoms with Gasteiger partial charge < -0.3 is 20.9 Å². The van der Waals surface area contributed by atoms with Crippen LogP contribution in [0.5, 0.6) is 0 Å². The predicted octanol–water partition coefficient (Wildman–Crippen LogP) is 4.04. The van der Waals surface area contributed by atoms with Gasteiger partial charge in [0.15, 0.2) is 5.54 Å². The van der Waals surface area contributed by atoms with E-state index in [0.29, 0.717) is 35.4 Å². The smallest absolute Gasteiger partial charge is 0.315 e. The minimum Gasteiger partial charge on any atom is -0.598 e. The highest BCUT2D eigenvalue weighted by atomic mass is 32.2. The van der Waals surface area contributed by atoms with Crippen molar-refractivity contribution in [3.63, 3.8) is 0 Å². The second kappa shape index (κ2) is 10.8. The van der Waals surface area contributed by atoms with Crippen LogP contribution in [0.2, 0.25) is 0 Å². The lowest BCUT2D eigenvalue weighted by atomic mass is 9.76. The number of carbonyl (C=O) groups is 2. The third-order valence-corrected chi connectivity index (χ3v) is 9.54. The zero-order valence-electron chi connectivity index (χ0n) is 22.6. The second-order valence-electron chi connectivity index (χ2n) is 11.6. The van der Waals surface area contributed by atoms with Gasteiger partial charge in [-0.2, -0.15) is 5.26 Å². The highest BCUT2D eigenvalue weighted by Crippen LogP contribution is 2.45. The number of likely N-dealkylation sites (tertiary alicyclic amines) is 1. The van der Waals surface area contributed by atoms with Gasteiger partial charge >= 0.3 is 6.03 Å². The normalized spacial score (nSPS) is 21.7. The molecular weight excluding hydrogens is 517 g/mol. The lowest BCUT2D eigenvalue weighted by Gasteiger charge is -2.40. The first-order chi connectivity index (χ1) is 18.3. The van der Waals surface area contributed by atoms with E-state index in [-0.39, 0.29) is 18.5 Å². The number of halogens is 1. The predicted molar refractivity (Wildman–Crippen MR) is 148 cm³/mol. The molecule has 4 rings (SSSR count). The standard InChI is InChI=1S/C29H36FN5O3S/c1-27(2,3)39(38)34-28(14-12-19-8-9-19,21-7-4-6-20(16-21)18-31)22-10-11-24(30)23(17-22)29(25(32)36)13-5-15-35(29)26(33)37/h4,6-7,10-11,16-17,19,34H,5,8-9,12-15H2,1-3H3,(H2,32,36)(H2,33,37). The van der Waals surface area contributed by atoms with Gasteiger partial charge in [0.05, 0.1) is 11.6 Å². The van der Waals surface area contributed by atoms with Crippen LogP contribution in [0.25, 0.3) is 0 Å². The van der Waals surface area contributed by atoms with Gasteiger partial charge in [0.25, 0.3) is 0 Å². The van der Waals surface area contributed by atoms with E-state index >= 15 is 4.39 Å². The van der Waals surface area contributed by atoms with Crippen LogP contribution in [0.4, 0.5) is 9.18 Å². The van der Waals surface area contributed by atoms with Gasteiger partial charge in [-0.15, -0.1) is 4.72 Å². The summed E-state index contributed by atoms with van der Waals surface area (Å²) in [6.07, 6.45) is 4.09. The van der Waals surface area contributed by atoms with E-state index in [1.54, 1.807) is 30.3 Å². The first kappa shape index (κ1) is 28.9. The van der Waals surface area contributed by atoms with Gasteiger partial charge in [0.1, 0.15) is 16.1 Å². The molecular formula is C29H36FN5O3S. The van der Waals surface area contributed by atoms with Crippen molar-refractivity contribution in [3.8, 4) is 6.07 Å². The van der Waals surface area contributed by atoms with E-state index in [1.165, 1.54) is 6.07 Å². The van der Waals surface area contributed by atoms with E-state index in [1.807, 2.05) is 26.8 Å². The number of hydrogen-bond donors (Lipinski definition) is 3. The average molecular weight is 554 g/mol. The first-order valence-corrected chi connectivity index (χ1v) is 14.4. The van der Waals surface area contributed by atoms with Gasteiger partial charge in [-0.25, -0.2) is 9.18 Å². The van der Waals surface area contributed by atoms with Crippen LogP contribution in [0.1, 0.15) is 81.5 Å². The fourth-order valence-corrected chi connectivity index (χ4v) is 6.47. The van der Waals surface area contributed by atoms with Crippen molar-refractivity contribution in [1.29, 1.82) is 5.26 Å². The molecule has 8 nitrogen and oxygen atoms in total. The molecule has 1 saturated carbocycles. The Morgan fingerprint density at radius 1 is 1.21 bits per heavy atom. The van der Waals surface area contributed by atoms with Crippen molar-refractivity contribution in [1.82, 2.24) is 9.62 Å². The molecule has 10 heteroatoms. The highest BCUT2D eigenvalue weighted by Gasteiger charge is 2.52. The molecule has 1 aliphatic carbocycles. The Kier molecular flexibility index (Phi) is 7.99. The number of hydrogen-bond acceptors (Lipinski definition) is 5. The number of primary amides is 2. The molecule has 208 valence electrons. The summed E-state index contributed by atoms with van der Waals surface area (Å²) in [6.45, 7) is 5.74. The quantitative estimate of drug-likeness (QED) is 0.401. The van der Waals surface area contributed by atoms with Crippen LogP contribution in [-0.2, 0) is 27.2 Å². The molecule has 0 spiro atoms. The van der Waals surface area contributed by atoms with Crippen LogP contribution in [-0.4, -0.2) is 32.7 Å². The lowest BCUT2D eigenvalue weighted by Crippen LogP contribution is -2.56. The summed E-state index contributed by atoms with van der Waals surface area (Å²) >= 11 is -1.56.